The van der Waals surface area contributed by atoms with E-state index in [2.05, 4.69) is 29.1 Å². The van der Waals surface area contributed by atoms with Crippen molar-refractivity contribution in [3.63, 3.8) is 0 Å². The SMILES string of the molecule is Cc1c(N)ncnc1NC(C)(C)C1CC1. The maximum Gasteiger partial charge on any atom is 0.134 e. The van der Waals surface area contributed by atoms with Gasteiger partial charge in [0.15, 0.2) is 0 Å². The molecule has 0 aliphatic heterocycles. The molecule has 1 saturated carbocycles. The molecule has 0 aromatic carbocycles. The number of aromatic nitrogens is 2. The fourth-order valence-corrected chi connectivity index (χ4v) is 1.80. The zero-order chi connectivity index (χ0) is 11.1. The quantitative estimate of drug-likeness (QED) is 0.793. The summed E-state index contributed by atoms with van der Waals surface area (Å²) in [6.07, 6.45) is 4.12. The summed E-state index contributed by atoms with van der Waals surface area (Å²) in [5, 5.41) is 3.46. The molecule has 1 heterocycles. The number of hydrogen-bond donors (Lipinski definition) is 2. The molecule has 2 rings (SSSR count). The van der Waals surface area contributed by atoms with Crippen LogP contribution in [0.15, 0.2) is 6.33 Å². The maximum atomic E-state index is 5.74. The minimum absolute atomic E-state index is 0.103. The van der Waals surface area contributed by atoms with Gasteiger partial charge in [0.2, 0.25) is 0 Å². The molecule has 3 N–H and O–H groups in total. The van der Waals surface area contributed by atoms with Gasteiger partial charge in [-0.25, -0.2) is 9.97 Å². The summed E-state index contributed by atoms with van der Waals surface area (Å²) in [4.78, 5) is 8.19. The molecule has 4 nitrogen and oxygen atoms in total. The Labute approximate surface area is 90.3 Å². The van der Waals surface area contributed by atoms with Gasteiger partial charge in [-0.3, -0.25) is 0 Å². The van der Waals surface area contributed by atoms with E-state index in [1.807, 2.05) is 6.92 Å². The van der Waals surface area contributed by atoms with Crippen molar-refractivity contribution in [1.29, 1.82) is 0 Å². The summed E-state index contributed by atoms with van der Waals surface area (Å²) in [5.74, 6) is 2.17. The van der Waals surface area contributed by atoms with E-state index >= 15 is 0 Å². The van der Waals surface area contributed by atoms with Crippen molar-refractivity contribution in [2.45, 2.75) is 39.2 Å². The minimum Gasteiger partial charge on any atom is -0.383 e. The summed E-state index contributed by atoms with van der Waals surface area (Å²) >= 11 is 0. The Morgan fingerprint density at radius 1 is 1.40 bits per heavy atom. The van der Waals surface area contributed by atoms with Crippen LogP contribution in [0.5, 0.6) is 0 Å². The van der Waals surface area contributed by atoms with Crippen molar-refractivity contribution in [3.05, 3.63) is 11.9 Å². The number of rotatable bonds is 3. The van der Waals surface area contributed by atoms with E-state index in [9.17, 15) is 0 Å². The van der Waals surface area contributed by atoms with Gasteiger partial charge in [-0.15, -0.1) is 0 Å². The molecule has 0 radical (unpaired) electrons. The van der Waals surface area contributed by atoms with Crippen LogP contribution in [0.2, 0.25) is 0 Å². The number of nitrogen functional groups attached to an aromatic ring is 1. The van der Waals surface area contributed by atoms with Gasteiger partial charge < -0.3 is 11.1 Å². The lowest BCUT2D eigenvalue weighted by molar-refractivity contribution is 0.492. The molecule has 0 amide bonds. The number of nitrogens with one attached hydrogen (secondary N) is 1. The molecular formula is C11H18N4. The maximum absolute atomic E-state index is 5.74. The molecule has 82 valence electrons. The Kier molecular flexibility index (Phi) is 2.29. The van der Waals surface area contributed by atoms with Crippen molar-refractivity contribution >= 4 is 11.6 Å². The fourth-order valence-electron chi connectivity index (χ4n) is 1.80. The van der Waals surface area contributed by atoms with Crippen LogP contribution in [0.4, 0.5) is 11.6 Å². The van der Waals surface area contributed by atoms with E-state index in [1.165, 1.54) is 19.2 Å². The first-order valence-corrected chi connectivity index (χ1v) is 5.36. The van der Waals surface area contributed by atoms with E-state index in [4.69, 9.17) is 5.73 Å². The Balaban J connectivity index is 2.20. The predicted molar refractivity (Wildman–Crippen MR) is 61.6 cm³/mol. The van der Waals surface area contributed by atoms with Crippen LogP contribution >= 0.6 is 0 Å². The van der Waals surface area contributed by atoms with E-state index in [1.54, 1.807) is 0 Å². The van der Waals surface area contributed by atoms with Gasteiger partial charge in [0, 0.05) is 11.1 Å². The van der Waals surface area contributed by atoms with Gasteiger partial charge >= 0.3 is 0 Å². The largest absolute Gasteiger partial charge is 0.383 e. The highest BCUT2D eigenvalue weighted by Gasteiger charge is 2.38. The number of nitrogens with zero attached hydrogens (tertiary/aromatic N) is 2. The van der Waals surface area contributed by atoms with E-state index in [-0.39, 0.29) is 5.54 Å². The lowest BCUT2D eigenvalue weighted by Crippen LogP contribution is -2.34. The topological polar surface area (TPSA) is 63.8 Å². The highest BCUT2D eigenvalue weighted by Crippen LogP contribution is 2.41. The molecule has 0 saturated heterocycles. The van der Waals surface area contributed by atoms with Gasteiger partial charge in [0.05, 0.1) is 0 Å². The van der Waals surface area contributed by atoms with E-state index < -0.39 is 0 Å². The molecular weight excluding hydrogens is 188 g/mol. The van der Waals surface area contributed by atoms with E-state index in [0.717, 1.165) is 17.3 Å². The van der Waals surface area contributed by atoms with Crippen LogP contribution in [0.3, 0.4) is 0 Å². The summed E-state index contributed by atoms with van der Waals surface area (Å²) in [7, 11) is 0. The zero-order valence-corrected chi connectivity index (χ0v) is 9.54. The van der Waals surface area contributed by atoms with Gasteiger partial charge in [0.25, 0.3) is 0 Å². The van der Waals surface area contributed by atoms with Crippen LogP contribution in [-0.4, -0.2) is 15.5 Å². The molecule has 1 fully saturated rings. The monoisotopic (exact) mass is 206 g/mol. The smallest absolute Gasteiger partial charge is 0.134 e. The van der Waals surface area contributed by atoms with Gasteiger partial charge in [-0.2, -0.15) is 0 Å². The molecule has 1 aliphatic rings. The van der Waals surface area contributed by atoms with Gasteiger partial charge in [-0.1, -0.05) is 0 Å². The van der Waals surface area contributed by atoms with Crippen LogP contribution in [0, 0.1) is 12.8 Å². The van der Waals surface area contributed by atoms with E-state index in [0.29, 0.717) is 5.82 Å². The summed E-state index contributed by atoms with van der Waals surface area (Å²) in [6, 6.07) is 0. The third-order valence-corrected chi connectivity index (χ3v) is 3.16. The molecule has 15 heavy (non-hydrogen) atoms. The standard InChI is InChI=1S/C11H18N4/c1-7-9(12)13-6-14-10(7)15-11(2,3)8-4-5-8/h6,8H,4-5H2,1-3H3,(H3,12,13,14,15). The number of nitrogens with two attached hydrogens (primary N) is 1. The third kappa shape index (κ3) is 2.03. The molecule has 0 spiro atoms. The number of hydrogen-bond acceptors (Lipinski definition) is 4. The van der Waals surface area contributed by atoms with Crippen LogP contribution in [0.25, 0.3) is 0 Å². The second-order valence-electron chi connectivity index (χ2n) is 4.85. The molecule has 0 atom stereocenters. The fraction of sp³-hybridized carbons (Fsp3) is 0.636. The minimum atomic E-state index is 0.103. The Morgan fingerprint density at radius 3 is 2.67 bits per heavy atom. The normalized spacial score (nSPS) is 16.5. The van der Waals surface area contributed by atoms with Crippen molar-refractivity contribution in [3.8, 4) is 0 Å². The van der Waals surface area contributed by atoms with Crippen molar-refractivity contribution < 1.29 is 0 Å². The lowest BCUT2D eigenvalue weighted by Gasteiger charge is -2.27. The summed E-state index contributed by atoms with van der Waals surface area (Å²) < 4.78 is 0. The van der Waals surface area contributed by atoms with Crippen molar-refractivity contribution in [1.82, 2.24) is 9.97 Å². The third-order valence-electron chi connectivity index (χ3n) is 3.16. The first-order valence-electron chi connectivity index (χ1n) is 5.36. The van der Waals surface area contributed by atoms with Crippen LogP contribution < -0.4 is 11.1 Å². The molecule has 0 unspecified atom stereocenters. The van der Waals surface area contributed by atoms with Gasteiger partial charge in [-0.05, 0) is 39.5 Å². The average molecular weight is 206 g/mol. The van der Waals surface area contributed by atoms with Gasteiger partial charge in [0.1, 0.15) is 18.0 Å². The molecule has 1 aliphatic carbocycles. The van der Waals surface area contributed by atoms with Crippen molar-refractivity contribution in [2.24, 2.45) is 5.92 Å². The first-order chi connectivity index (χ1) is 7.00. The molecule has 4 heteroatoms. The second kappa shape index (κ2) is 3.36. The zero-order valence-electron chi connectivity index (χ0n) is 9.54. The summed E-state index contributed by atoms with van der Waals surface area (Å²) in [6.45, 7) is 6.37. The summed E-state index contributed by atoms with van der Waals surface area (Å²) in [5.41, 5.74) is 6.78. The predicted octanol–water partition coefficient (Wildman–Crippen LogP) is 1.97. The highest BCUT2D eigenvalue weighted by molar-refractivity contribution is 5.55. The Hall–Kier alpha value is -1.32. The second-order valence-corrected chi connectivity index (χ2v) is 4.85. The highest BCUT2D eigenvalue weighted by atomic mass is 15.1. The lowest BCUT2D eigenvalue weighted by atomic mass is 9.98. The van der Waals surface area contributed by atoms with Crippen molar-refractivity contribution in [2.75, 3.05) is 11.1 Å². The molecule has 1 aromatic rings. The van der Waals surface area contributed by atoms with Crippen LogP contribution in [-0.2, 0) is 0 Å². The average Bonchev–Trinajstić information content (AvgIpc) is 2.95. The van der Waals surface area contributed by atoms with Crippen LogP contribution in [0.1, 0.15) is 32.3 Å². The first kappa shape index (κ1) is 10.2. The molecule has 1 aromatic heterocycles. The number of anilines is 2. The molecule has 0 bridgehead atoms. The Morgan fingerprint density at radius 2 is 2.07 bits per heavy atom. The Bertz CT molecular complexity index is 369.